The van der Waals surface area contributed by atoms with Crippen molar-refractivity contribution in [3.05, 3.63) is 30.3 Å². The molecule has 1 saturated carbocycles. The zero-order valence-electron chi connectivity index (χ0n) is 10.8. The van der Waals surface area contributed by atoms with E-state index in [1.807, 2.05) is 6.07 Å². The first kappa shape index (κ1) is 13.4. The molecule has 1 amide bonds. The lowest BCUT2D eigenvalue weighted by Crippen LogP contribution is -2.41. The second-order valence-electron chi connectivity index (χ2n) is 4.85. The molecule has 4 heteroatoms. The van der Waals surface area contributed by atoms with Gasteiger partial charge in [0, 0.05) is 0 Å². The van der Waals surface area contributed by atoms with Crippen LogP contribution >= 0.6 is 0 Å². The number of para-hydroxylation sites is 1. The first-order valence-corrected chi connectivity index (χ1v) is 6.72. The van der Waals surface area contributed by atoms with E-state index >= 15 is 0 Å². The van der Waals surface area contributed by atoms with E-state index in [4.69, 9.17) is 4.74 Å². The molecule has 0 radical (unpaired) electrons. The van der Waals surface area contributed by atoms with E-state index in [0.717, 1.165) is 25.7 Å². The third-order valence-corrected chi connectivity index (χ3v) is 3.49. The first-order valence-electron chi connectivity index (χ1n) is 6.72. The molecule has 1 fully saturated rings. The highest BCUT2D eigenvalue weighted by Gasteiger charge is 2.25. The Kier molecular flexibility index (Phi) is 4.79. The van der Waals surface area contributed by atoms with Crippen molar-refractivity contribution in [2.24, 2.45) is 5.92 Å². The van der Waals surface area contributed by atoms with Crippen molar-refractivity contribution in [2.75, 3.05) is 0 Å². The Morgan fingerprint density at radius 3 is 2.58 bits per heavy atom. The van der Waals surface area contributed by atoms with Crippen LogP contribution in [0, 0.1) is 17.2 Å². The second-order valence-corrected chi connectivity index (χ2v) is 4.85. The van der Waals surface area contributed by atoms with Gasteiger partial charge < -0.3 is 10.1 Å². The topological polar surface area (TPSA) is 62.1 Å². The van der Waals surface area contributed by atoms with Gasteiger partial charge in [0.1, 0.15) is 11.8 Å². The lowest BCUT2D eigenvalue weighted by Gasteiger charge is -2.25. The van der Waals surface area contributed by atoms with E-state index in [2.05, 4.69) is 11.4 Å². The third-order valence-electron chi connectivity index (χ3n) is 3.49. The number of carbonyl (C=O) groups is 1. The highest BCUT2D eigenvalue weighted by molar-refractivity contribution is 5.71. The van der Waals surface area contributed by atoms with Crippen LogP contribution in [0.2, 0.25) is 0 Å². The van der Waals surface area contributed by atoms with Crippen LogP contribution in [-0.4, -0.2) is 12.1 Å². The van der Waals surface area contributed by atoms with Crippen molar-refractivity contribution in [1.82, 2.24) is 5.32 Å². The zero-order valence-corrected chi connectivity index (χ0v) is 10.8. The molecule has 1 N–H and O–H groups in total. The highest BCUT2D eigenvalue weighted by atomic mass is 16.6. The summed E-state index contributed by atoms with van der Waals surface area (Å²) in [7, 11) is 0. The van der Waals surface area contributed by atoms with E-state index in [0.29, 0.717) is 5.75 Å². The first-order chi connectivity index (χ1) is 9.29. The fraction of sp³-hybridized carbons (Fsp3) is 0.467. The van der Waals surface area contributed by atoms with Gasteiger partial charge in [0.25, 0.3) is 0 Å². The smallest absolute Gasteiger partial charge is 0.410 e. The largest absolute Gasteiger partial charge is 0.413 e. The number of amides is 1. The fourth-order valence-corrected chi connectivity index (χ4v) is 2.48. The van der Waals surface area contributed by atoms with E-state index < -0.39 is 12.1 Å². The van der Waals surface area contributed by atoms with Gasteiger partial charge in [-0.3, -0.25) is 0 Å². The van der Waals surface area contributed by atoms with Gasteiger partial charge in [-0.25, -0.2) is 4.79 Å². The minimum absolute atomic E-state index is 0.252. The molecule has 1 aliphatic rings. The average molecular weight is 258 g/mol. The minimum Gasteiger partial charge on any atom is -0.410 e. The number of nitrogens with one attached hydrogen (secondary N) is 1. The van der Waals surface area contributed by atoms with E-state index in [1.165, 1.54) is 6.42 Å². The van der Waals surface area contributed by atoms with Crippen molar-refractivity contribution in [2.45, 2.75) is 38.1 Å². The number of hydrogen-bond donors (Lipinski definition) is 1. The maximum atomic E-state index is 11.7. The van der Waals surface area contributed by atoms with Crippen LogP contribution in [0.5, 0.6) is 5.75 Å². The Balaban J connectivity index is 1.87. The van der Waals surface area contributed by atoms with Crippen molar-refractivity contribution in [3.63, 3.8) is 0 Å². The van der Waals surface area contributed by atoms with Gasteiger partial charge >= 0.3 is 6.09 Å². The molecule has 1 aliphatic carbocycles. The van der Waals surface area contributed by atoms with Gasteiger partial charge in [-0.15, -0.1) is 0 Å². The van der Waals surface area contributed by atoms with Crippen LogP contribution in [0.15, 0.2) is 30.3 Å². The van der Waals surface area contributed by atoms with Crippen molar-refractivity contribution in [3.8, 4) is 11.8 Å². The van der Waals surface area contributed by atoms with Crippen molar-refractivity contribution in [1.29, 1.82) is 5.26 Å². The van der Waals surface area contributed by atoms with E-state index in [1.54, 1.807) is 24.3 Å². The molecule has 0 heterocycles. The van der Waals surface area contributed by atoms with Crippen molar-refractivity contribution >= 4 is 6.09 Å². The zero-order chi connectivity index (χ0) is 13.5. The molecule has 0 aromatic heterocycles. The summed E-state index contributed by atoms with van der Waals surface area (Å²) in [4.78, 5) is 11.7. The number of nitriles is 1. The van der Waals surface area contributed by atoms with Crippen LogP contribution < -0.4 is 10.1 Å². The molecular weight excluding hydrogens is 240 g/mol. The highest BCUT2D eigenvalue weighted by Crippen LogP contribution is 2.26. The van der Waals surface area contributed by atoms with Crippen LogP contribution in [0.1, 0.15) is 32.1 Å². The van der Waals surface area contributed by atoms with Gasteiger partial charge in [-0.1, -0.05) is 37.5 Å². The fourth-order valence-electron chi connectivity index (χ4n) is 2.48. The Morgan fingerprint density at radius 2 is 1.95 bits per heavy atom. The van der Waals surface area contributed by atoms with E-state index in [-0.39, 0.29) is 5.92 Å². The number of hydrogen-bond acceptors (Lipinski definition) is 3. The number of nitrogens with zero attached hydrogens (tertiary/aromatic N) is 1. The molecule has 100 valence electrons. The average Bonchev–Trinajstić information content (AvgIpc) is 2.47. The summed E-state index contributed by atoms with van der Waals surface area (Å²) < 4.78 is 5.14. The predicted octanol–water partition coefficient (Wildman–Crippen LogP) is 3.25. The summed E-state index contributed by atoms with van der Waals surface area (Å²) in [6.45, 7) is 0. The van der Waals surface area contributed by atoms with Crippen LogP contribution in [0.4, 0.5) is 4.79 Å². The monoisotopic (exact) mass is 258 g/mol. The molecule has 1 unspecified atom stereocenters. The lowest BCUT2D eigenvalue weighted by molar-refractivity contribution is 0.191. The van der Waals surface area contributed by atoms with Gasteiger partial charge in [0.2, 0.25) is 0 Å². The molecule has 0 spiro atoms. The Hall–Kier alpha value is -2.02. The summed E-state index contributed by atoms with van der Waals surface area (Å²) in [5, 5.41) is 11.8. The standard InChI is InChI=1S/C15H18N2O2/c16-11-14(12-7-3-1-4-8-12)17-15(18)19-13-9-5-2-6-10-13/h2,5-6,9-10,12,14H,1,3-4,7-8H2,(H,17,18). The van der Waals surface area contributed by atoms with Gasteiger partial charge in [-0.05, 0) is 30.9 Å². The van der Waals surface area contributed by atoms with Gasteiger partial charge in [-0.2, -0.15) is 5.26 Å². The number of ether oxygens (including phenoxy) is 1. The molecule has 4 nitrogen and oxygen atoms in total. The second kappa shape index (κ2) is 6.79. The predicted molar refractivity (Wildman–Crippen MR) is 71.6 cm³/mol. The maximum absolute atomic E-state index is 11.7. The van der Waals surface area contributed by atoms with Crippen LogP contribution in [0.3, 0.4) is 0 Å². The molecule has 0 bridgehead atoms. The quantitative estimate of drug-likeness (QED) is 0.905. The van der Waals surface area contributed by atoms with Crippen LogP contribution in [0.25, 0.3) is 0 Å². The normalized spacial score (nSPS) is 17.2. The number of rotatable bonds is 3. The summed E-state index contributed by atoms with van der Waals surface area (Å²) in [6.07, 6.45) is 4.95. The molecule has 1 atom stereocenters. The number of benzene rings is 1. The molecule has 1 aromatic rings. The summed E-state index contributed by atoms with van der Waals surface area (Å²) >= 11 is 0. The summed E-state index contributed by atoms with van der Waals surface area (Å²) in [5.41, 5.74) is 0. The molecule has 2 rings (SSSR count). The molecular formula is C15H18N2O2. The summed E-state index contributed by atoms with van der Waals surface area (Å²) in [5.74, 6) is 0.738. The molecule has 19 heavy (non-hydrogen) atoms. The molecule has 1 aromatic carbocycles. The van der Waals surface area contributed by atoms with Gasteiger partial charge in [0.15, 0.2) is 0 Å². The number of carbonyl (C=O) groups excluding carboxylic acids is 1. The van der Waals surface area contributed by atoms with Crippen molar-refractivity contribution < 1.29 is 9.53 Å². The minimum atomic E-state index is -0.552. The van der Waals surface area contributed by atoms with Gasteiger partial charge in [0.05, 0.1) is 6.07 Å². The Labute approximate surface area is 113 Å². The molecule has 0 aliphatic heterocycles. The Bertz CT molecular complexity index is 447. The SMILES string of the molecule is N#CC(NC(=O)Oc1ccccc1)C1CCCCC1. The Morgan fingerprint density at radius 1 is 1.26 bits per heavy atom. The van der Waals surface area contributed by atoms with Crippen LogP contribution in [-0.2, 0) is 0 Å². The maximum Gasteiger partial charge on any atom is 0.413 e. The lowest BCUT2D eigenvalue weighted by atomic mass is 9.84. The molecule has 0 saturated heterocycles. The summed E-state index contributed by atoms with van der Waals surface area (Å²) in [6, 6.07) is 10.6. The third kappa shape index (κ3) is 3.99. The van der Waals surface area contributed by atoms with E-state index in [9.17, 15) is 10.1 Å².